The van der Waals surface area contributed by atoms with Crippen molar-refractivity contribution in [2.24, 2.45) is 0 Å². The summed E-state index contributed by atoms with van der Waals surface area (Å²) in [6, 6.07) is 12.1. The van der Waals surface area contributed by atoms with Gasteiger partial charge in [-0.15, -0.1) is 0 Å². The molecule has 0 fully saturated rings. The molecule has 3 rings (SSSR count). The zero-order chi connectivity index (χ0) is 19.8. The Morgan fingerprint density at radius 1 is 1.00 bits per heavy atom. The highest BCUT2D eigenvalue weighted by molar-refractivity contribution is 6.30. The molecule has 0 spiro atoms. The third-order valence-electron chi connectivity index (χ3n) is 4.02. The normalized spacial score (nSPS) is 11.8. The molecule has 0 radical (unpaired) electrons. The van der Waals surface area contributed by atoms with Crippen LogP contribution in [0.4, 0.5) is 0 Å². The van der Waals surface area contributed by atoms with Gasteiger partial charge in [-0.25, -0.2) is 0 Å². The molecule has 2 N–H and O–H groups in total. The third kappa shape index (κ3) is 5.79. The van der Waals surface area contributed by atoms with E-state index in [-0.39, 0.29) is 25.2 Å². The molecule has 1 aliphatic rings. The van der Waals surface area contributed by atoms with E-state index in [1.807, 2.05) is 12.1 Å². The van der Waals surface area contributed by atoms with Gasteiger partial charge >= 0.3 is 0 Å². The van der Waals surface area contributed by atoms with E-state index in [4.69, 9.17) is 25.8 Å². The lowest BCUT2D eigenvalue weighted by atomic mass is 10.2. The topological polar surface area (TPSA) is 85.9 Å². The van der Waals surface area contributed by atoms with Crippen molar-refractivity contribution < 1.29 is 23.8 Å². The quantitative estimate of drug-likeness (QED) is 0.628. The highest BCUT2D eigenvalue weighted by Crippen LogP contribution is 2.32. The number of fused-ring (bicyclic) bond motifs is 1. The van der Waals surface area contributed by atoms with Gasteiger partial charge in [0.2, 0.25) is 12.7 Å². The number of rotatable bonds is 9. The van der Waals surface area contributed by atoms with E-state index in [0.29, 0.717) is 35.2 Å². The SMILES string of the molecule is O=C(CNC(=O)c1ccc2c(c1)OCO2)NCCCCOc1ccc(Cl)cc1. The van der Waals surface area contributed by atoms with E-state index in [1.165, 1.54) is 0 Å². The van der Waals surface area contributed by atoms with Crippen molar-refractivity contribution in [3.63, 3.8) is 0 Å². The standard InChI is InChI=1S/C20H21ClN2O5/c21-15-4-6-16(7-5-15)26-10-2-1-9-22-19(24)12-23-20(25)14-3-8-17-18(11-14)28-13-27-17/h3-8,11H,1-2,9-10,12-13H2,(H,22,24)(H,23,25). The lowest BCUT2D eigenvalue weighted by molar-refractivity contribution is -0.120. The van der Waals surface area contributed by atoms with Gasteiger partial charge in [-0.05, 0) is 55.3 Å². The van der Waals surface area contributed by atoms with Crippen LogP contribution in [-0.4, -0.2) is 38.3 Å². The van der Waals surface area contributed by atoms with E-state index < -0.39 is 0 Å². The van der Waals surface area contributed by atoms with Gasteiger partial charge in [0.05, 0.1) is 13.2 Å². The Hall–Kier alpha value is -2.93. The summed E-state index contributed by atoms with van der Waals surface area (Å²) >= 11 is 5.81. The molecule has 2 amide bonds. The van der Waals surface area contributed by atoms with Gasteiger partial charge in [0.25, 0.3) is 5.91 Å². The molecule has 0 atom stereocenters. The summed E-state index contributed by atoms with van der Waals surface area (Å²) in [5, 5.41) is 6.02. The van der Waals surface area contributed by atoms with Gasteiger partial charge < -0.3 is 24.8 Å². The Balaban J connectivity index is 1.27. The first kappa shape index (κ1) is 19.8. The smallest absolute Gasteiger partial charge is 0.251 e. The molecule has 0 unspecified atom stereocenters. The van der Waals surface area contributed by atoms with Crippen LogP contribution in [0.25, 0.3) is 0 Å². The van der Waals surface area contributed by atoms with E-state index in [1.54, 1.807) is 30.3 Å². The highest BCUT2D eigenvalue weighted by atomic mass is 35.5. The monoisotopic (exact) mass is 404 g/mol. The van der Waals surface area contributed by atoms with Crippen LogP contribution < -0.4 is 24.8 Å². The number of hydrogen-bond acceptors (Lipinski definition) is 5. The van der Waals surface area contributed by atoms with E-state index in [9.17, 15) is 9.59 Å². The van der Waals surface area contributed by atoms with Crippen molar-refractivity contribution in [1.82, 2.24) is 10.6 Å². The summed E-state index contributed by atoms with van der Waals surface area (Å²) in [6.07, 6.45) is 1.57. The highest BCUT2D eigenvalue weighted by Gasteiger charge is 2.16. The number of ether oxygens (including phenoxy) is 3. The molecule has 28 heavy (non-hydrogen) atoms. The number of carbonyl (C=O) groups excluding carboxylic acids is 2. The Bertz CT molecular complexity index is 826. The molecule has 1 aliphatic heterocycles. The summed E-state index contributed by atoms with van der Waals surface area (Å²) in [5.74, 6) is 1.31. The molecule has 7 nitrogen and oxygen atoms in total. The van der Waals surface area contributed by atoms with Crippen LogP contribution in [0.3, 0.4) is 0 Å². The van der Waals surface area contributed by atoms with Gasteiger partial charge in [-0.3, -0.25) is 9.59 Å². The Kier molecular flexibility index (Phi) is 6.97. The average molecular weight is 405 g/mol. The molecule has 0 saturated carbocycles. The zero-order valence-electron chi connectivity index (χ0n) is 15.2. The summed E-state index contributed by atoms with van der Waals surface area (Å²) in [6.45, 7) is 1.13. The maximum Gasteiger partial charge on any atom is 0.251 e. The predicted molar refractivity (Wildman–Crippen MR) is 104 cm³/mol. The Labute approximate surface area is 167 Å². The Morgan fingerprint density at radius 3 is 2.61 bits per heavy atom. The maximum atomic E-state index is 12.1. The largest absolute Gasteiger partial charge is 0.494 e. The first-order chi connectivity index (χ1) is 13.6. The van der Waals surface area contributed by atoms with Gasteiger partial charge in [-0.1, -0.05) is 11.6 Å². The molecule has 0 aromatic heterocycles. The molecule has 2 aromatic carbocycles. The molecular formula is C20H21ClN2O5. The van der Waals surface area contributed by atoms with Crippen LogP contribution in [0.2, 0.25) is 5.02 Å². The molecular weight excluding hydrogens is 384 g/mol. The second kappa shape index (κ2) is 9.85. The predicted octanol–water partition coefficient (Wildman–Crippen LogP) is 2.77. The van der Waals surface area contributed by atoms with Crippen molar-refractivity contribution >= 4 is 23.4 Å². The lowest BCUT2D eigenvalue weighted by Gasteiger charge is -2.08. The molecule has 1 heterocycles. The van der Waals surface area contributed by atoms with Crippen LogP contribution in [0.15, 0.2) is 42.5 Å². The van der Waals surface area contributed by atoms with Gasteiger partial charge in [0, 0.05) is 17.1 Å². The fourth-order valence-electron chi connectivity index (χ4n) is 2.54. The summed E-state index contributed by atoms with van der Waals surface area (Å²) in [7, 11) is 0. The fourth-order valence-corrected chi connectivity index (χ4v) is 2.66. The number of halogens is 1. The minimum absolute atomic E-state index is 0.0887. The molecule has 0 aliphatic carbocycles. The second-order valence-electron chi connectivity index (χ2n) is 6.11. The average Bonchev–Trinajstić information content (AvgIpc) is 3.18. The van der Waals surface area contributed by atoms with Crippen LogP contribution in [-0.2, 0) is 4.79 Å². The minimum atomic E-state index is -0.343. The lowest BCUT2D eigenvalue weighted by Crippen LogP contribution is -2.37. The second-order valence-corrected chi connectivity index (χ2v) is 6.55. The summed E-state index contributed by atoms with van der Waals surface area (Å²) in [4.78, 5) is 23.9. The number of amides is 2. The van der Waals surface area contributed by atoms with Crippen LogP contribution >= 0.6 is 11.6 Å². The molecule has 0 saturated heterocycles. The van der Waals surface area contributed by atoms with Crippen molar-refractivity contribution in [1.29, 1.82) is 0 Å². The fraction of sp³-hybridized carbons (Fsp3) is 0.300. The maximum absolute atomic E-state index is 12.1. The summed E-state index contributed by atoms with van der Waals surface area (Å²) < 4.78 is 16.0. The molecule has 0 bridgehead atoms. The minimum Gasteiger partial charge on any atom is -0.494 e. The van der Waals surface area contributed by atoms with E-state index in [2.05, 4.69) is 10.6 Å². The van der Waals surface area contributed by atoms with Crippen LogP contribution in [0.5, 0.6) is 17.2 Å². The molecule has 2 aromatic rings. The van der Waals surface area contributed by atoms with Crippen LogP contribution in [0, 0.1) is 0 Å². The van der Waals surface area contributed by atoms with Gasteiger partial charge in [0.15, 0.2) is 11.5 Å². The third-order valence-corrected chi connectivity index (χ3v) is 4.27. The molecule has 8 heteroatoms. The first-order valence-corrected chi connectivity index (χ1v) is 9.32. The van der Waals surface area contributed by atoms with Crippen molar-refractivity contribution in [2.75, 3.05) is 26.5 Å². The van der Waals surface area contributed by atoms with Gasteiger partial charge in [-0.2, -0.15) is 0 Å². The summed E-state index contributed by atoms with van der Waals surface area (Å²) in [5.41, 5.74) is 0.413. The first-order valence-electron chi connectivity index (χ1n) is 8.95. The number of hydrogen-bond donors (Lipinski definition) is 2. The number of carbonyl (C=O) groups is 2. The van der Waals surface area contributed by atoms with Crippen molar-refractivity contribution in [3.8, 4) is 17.2 Å². The van der Waals surface area contributed by atoms with Crippen molar-refractivity contribution in [3.05, 3.63) is 53.1 Å². The zero-order valence-corrected chi connectivity index (χ0v) is 16.0. The number of unbranched alkanes of at least 4 members (excludes halogenated alkanes) is 1. The van der Waals surface area contributed by atoms with E-state index in [0.717, 1.165) is 18.6 Å². The Morgan fingerprint density at radius 2 is 1.79 bits per heavy atom. The molecule has 148 valence electrons. The van der Waals surface area contributed by atoms with Crippen molar-refractivity contribution in [2.45, 2.75) is 12.8 Å². The number of nitrogens with one attached hydrogen (secondary N) is 2. The van der Waals surface area contributed by atoms with Crippen LogP contribution in [0.1, 0.15) is 23.2 Å². The number of benzene rings is 2. The van der Waals surface area contributed by atoms with E-state index >= 15 is 0 Å². The van der Waals surface area contributed by atoms with Gasteiger partial charge in [0.1, 0.15) is 5.75 Å².